The van der Waals surface area contributed by atoms with Crippen molar-refractivity contribution in [2.24, 2.45) is 0 Å². The van der Waals surface area contributed by atoms with Crippen LogP contribution in [0.1, 0.15) is 94.3 Å². The first-order valence-corrected chi connectivity index (χ1v) is 17.7. The van der Waals surface area contributed by atoms with Gasteiger partial charge >= 0.3 is 0 Å². The number of rotatable bonds is 3. The van der Waals surface area contributed by atoms with E-state index >= 15 is 0 Å². The van der Waals surface area contributed by atoms with Crippen molar-refractivity contribution in [1.29, 1.82) is 0 Å². The molecular weight excluding hydrogens is 611 g/mol. The highest BCUT2D eigenvalue weighted by molar-refractivity contribution is 6.03. The Labute approximate surface area is 297 Å². The number of hydrogen-bond donors (Lipinski definition) is 1. The van der Waals surface area contributed by atoms with Crippen molar-refractivity contribution < 1.29 is 5.11 Å². The molecule has 3 heterocycles. The van der Waals surface area contributed by atoms with Gasteiger partial charge in [-0.1, -0.05) is 110 Å². The highest BCUT2D eigenvalue weighted by Gasteiger charge is 2.37. The molecule has 7 rings (SSSR count). The van der Waals surface area contributed by atoms with Gasteiger partial charge in [-0.15, -0.1) is 0 Å². The second-order valence-electron chi connectivity index (χ2n) is 16.7. The molecule has 0 spiro atoms. The summed E-state index contributed by atoms with van der Waals surface area (Å²) in [4.78, 5) is 12.5. The first kappa shape index (κ1) is 33.5. The number of phenolic OH excluding ortho intramolecular Hbond substituents is 1. The standard InChI is InChI=1S/C46H49N3O/c1-27-28(2)41-34(30-16-19-32(20-17-30)44(4,5)6)26-37(48-42(41)43(50)29(27)3)31-18-21-36-39(24-31)49(38-15-13-12-14-35(38)46(36,10)11)40-25-33(22-23-47-40)45(7,8)9/h12-26,50H,1-11H3. The first-order chi connectivity index (χ1) is 23.5. The summed E-state index contributed by atoms with van der Waals surface area (Å²) in [5.41, 5.74) is 14.7. The average molecular weight is 660 g/mol. The summed E-state index contributed by atoms with van der Waals surface area (Å²) < 4.78 is 0. The summed E-state index contributed by atoms with van der Waals surface area (Å²) in [5, 5.41) is 12.6. The van der Waals surface area contributed by atoms with E-state index in [1.54, 1.807) is 0 Å². The second-order valence-corrected chi connectivity index (χ2v) is 16.7. The fourth-order valence-corrected chi connectivity index (χ4v) is 7.58. The molecule has 4 heteroatoms. The molecule has 6 aromatic rings. The zero-order valence-corrected chi connectivity index (χ0v) is 31.4. The number of anilines is 3. The minimum Gasteiger partial charge on any atom is -0.505 e. The van der Waals surface area contributed by atoms with Crippen molar-refractivity contribution >= 4 is 28.1 Å². The molecule has 0 amide bonds. The van der Waals surface area contributed by atoms with E-state index in [-0.39, 0.29) is 22.0 Å². The van der Waals surface area contributed by atoms with Crippen LogP contribution in [0.25, 0.3) is 33.3 Å². The molecular formula is C46H49N3O. The minimum absolute atomic E-state index is 0.0237. The number of hydrogen-bond acceptors (Lipinski definition) is 4. The molecule has 0 radical (unpaired) electrons. The average Bonchev–Trinajstić information content (AvgIpc) is 3.08. The summed E-state index contributed by atoms with van der Waals surface area (Å²) in [6, 6.07) is 30.9. The fourth-order valence-electron chi connectivity index (χ4n) is 7.58. The van der Waals surface area contributed by atoms with Gasteiger partial charge in [-0.3, -0.25) is 4.90 Å². The summed E-state index contributed by atoms with van der Waals surface area (Å²) in [5.74, 6) is 1.14. The summed E-state index contributed by atoms with van der Waals surface area (Å²) in [6.07, 6.45) is 1.93. The fraction of sp³-hybridized carbons (Fsp3) is 0.304. The van der Waals surface area contributed by atoms with Gasteiger partial charge in [0.2, 0.25) is 0 Å². The van der Waals surface area contributed by atoms with Gasteiger partial charge < -0.3 is 5.11 Å². The van der Waals surface area contributed by atoms with Gasteiger partial charge in [0.1, 0.15) is 17.1 Å². The number of phenols is 1. The van der Waals surface area contributed by atoms with E-state index in [1.807, 2.05) is 13.1 Å². The Morgan fingerprint density at radius 3 is 1.96 bits per heavy atom. The van der Waals surface area contributed by atoms with E-state index in [9.17, 15) is 5.11 Å². The summed E-state index contributed by atoms with van der Waals surface area (Å²) in [6.45, 7) is 24.3. The summed E-state index contributed by atoms with van der Waals surface area (Å²) >= 11 is 0. The van der Waals surface area contributed by atoms with Crippen molar-refractivity contribution in [3.63, 3.8) is 0 Å². The Morgan fingerprint density at radius 1 is 0.640 bits per heavy atom. The van der Waals surface area contributed by atoms with Gasteiger partial charge in [0, 0.05) is 22.6 Å². The highest BCUT2D eigenvalue weighted by Crippen LogP contribution is 2.53. The first-order valence-electron chi connectivity index (χ1n) is 17.7. The maximum atomic E-state index is 11.6. The van der Waals surface area contributed by atoms with Gasteiger partial charge in [-0.25, -0.2) is 9.97 Å². The number of aryl methyl sites for hydroxylation is 1. The van der Waals surface area contributed by atoms with E-state index in [1.165, 1.54) is 22.3 Å². The lowest BCUT2D eigenvalue weighted by Crippen LogP contribution is -2.31. The van der Waals surface area contributed by atoms with Crippen LogP contribution in [0.4, 0.5) is 17.2 Å². The molecule has 0 unspecified atom stereocenters. The number of fused-ring (bicyclic) bond motifs is 3. The van der Waals surface area contributed by atoms with Crippen LogP contribution in [0.2, 0.25) is 0 Å². The molecule has 1 N–H and O–H groups in total. The molecule has 4 nitrogen and oxygen atoms in total. The number of aromatic nitrogens is 2. The Hall–Kier alpha value is -4.96. The van der Waals surface area contributed by atoms with E-state index in [0.29, 0.717) is 5.52 Å². The monoisotopic (exact) mass is 659 g/mol. The van der Waals surface area contributed by atoms with Crippen LogP contribution in [0.3, 0.4) is 0 Å². The van der Waals surface area contributed by atoms with E-state index in [4.69, 9.17) is 9.97 Å². The molecule has 50 heavy (non-hydrogen) atoms. The van der Waals surface area contributed by atoms with Crippen LogP contribution in [-0.2, 0) is 16.2 Å². The van der Waals surface area contributed by atoms with Gasteiger partial charge in [0.15, 0.2) is 0 Å². The lowest BCUT2D eigenvalue weighted by molar-refractivity contribution is 0.475. The van der Waals surface area contributed by atoms with E-state index in [2.05, 4.69) is 159 Å². The third kappa shape index (κ3) is 5.37. The molecule has 0 atom stereocenters. The lowest BCUT2D eigenvalue weighted by atomic mass is 9.73. The Balaban J connectivity index is 1.49. The maximum absolute atomic E-state index is 11.6. The van der Waals surface area contributed by atoms with Gasteiger partial charge in [0.05, 0.1) is 17.1 Å². The topological polar surface area (TPSA) is 49.2 Å². The third-order valence-electron chi connectivity index (χ3n) is 11.0. The van der Waals surface area contributed by atoms with Crippen molar-refractivity contribution in [2.75, 3.05) is 4.90 Å². The molecule has 0 fully saturated rings. The van der Waals surface area contributed by atoms with Gasteiger partial charge in [-0.05, 0) is 112 Å². The molecule has 2 aromatic heterocycles. The Bertz CT molecular complexity index is 2300. The number of pyridine rings is 2. The predicted molar refractivity (Wildman–Crippen MR) is 210 cm³/mol. The van der Waals surface area contributed by atoms with Crippen LogP contribution in [-0.4, -0.2) is 15.1 Å². The molecule has 0 saturated carbocycles. The van der Waals surface area contributed by atoms with Crippen molar-refractivity contribution in [3.8, 4) is 28.1 Å². The second kappa shape index (κ2) is 11.6. The maximum Gasteiger partial charge on any atom is 0.145 e. The lowest BCUT2D eigenvalue weighted by Gasteiger charge is -2.42. The van der Waals surface area contributed by atoms with Crippen molar-refractivity contribution in [2.45, 2.75) is 92.4 Å². The minimum atomic E-state index is -0.233. The number of para-hydroxylation sites is 1. The molecule has 4 aromatic carbocycles. The molecule has 254 valence electrons. The van der Waals surface area contributed by atoms with Crippen molar-refractivity contribution in [3.05, 3.63) is 130 Å². The Morgan fingerprint density at radius 2 is 1.28 bits per heavy atom. The van der Waals surface area contributed by atoms with Crippen LogP contribution < -0.4 is 4.90 Å². The highest BCUT2D eigenvalue weighted by atomic mass is 16.3. The molecule has 1 aliphatic heterocycles. The van der Waals surface area contributed by atoms with E-state index in [0.717, 1.165) is 61.7 Å². The molecule has 0 aliphatic carbocycles. The van der Waals surface area contributed by atoms with Gasteiger partial charge in [-0.2, -0.15) is 0 Å². The summed E-state index contributed by atoms with van der Waals surface area (Å²) in [7, 11) is 0. The smallest absolute Gasteiger partial charge is 0.145 e. The Kier molecular flexibility index (Phi) is 7.75. The third-order valence-corrected chi connectivity index (χ3v) is 11.0. The largest absolute Gasteiger partial charge is 0.505 e. The molecule has 0 saturated heterocycles. The number of benzene rings is 4. The predicted octanol–water partition coefficient (Wildman–Crippen LogP) is 12.3. The zero-order chi connectivity index (χ0) is 35.9. The number of aromatic hydroxyl groups is 1. The molecule has 0 bridgehead atoms. The van der Waals surface area contributed by atoms with Crippen LogP contribution in [0, 0.1) is 20.8 Å². The zero-order valence-electron chi connectivity index (χ0n) is 31.4. The van der Waals surface area contributed by atoms with Gasteiger partial charge in [0.25, 0.3) is 0 Å². The van der Waals surface area contributed by atoms with E-state index < -0.39 is 0 Å². The van der Waals surface area contributed by atoms with Crippen LogP contribution >= 0.6 is 0 Å². The van der Waals surface area contributed by atoms with Crippen molar-refractivity contribution in [1.82, 2.24) is 9.97 Å². The quantitative estimate of drug-likeness (QED) is 0.205. The molecule has 1 aliphatic rings. The number of nitrogens with zero attached hydrogens (tertiary/aromatic N) is 3. The SMILES string of the molecule is Cc1c(C)c(C)c2c(-c3ccc(C(C)(C)C)cc3)cc(-c3ccc4c(c3)N(c3cc(C(C)(C)C)ccn3)c3ccccc3C4(C)C)nc2c1O. The van der Waals surface area contributed by atoms with Crippen LogP contribution in [0.5, 0.6) is 5.75 Å². The normalized spacial score (nSPS) is 14.1. The van der Waals surface area contributed by atoms with Crippen LogP contribution in [0.15, 0.2) is 91.1 Å².